The van der Waals surface area contributed by atoms with Gasteiger partial charge in [-0.25, -0.2) is 9.37 Å². The molecular weight excluding hydrogens is 335 g/mol. The van der Waals surface area contributed by atoms with Gasteiger partial charge in [-0.15, -0.1) is 0 Å². The van der Waals surface area contributed by atoms with E-state index >= 15 is 0 Å². The zero-order chi connectivity index (χ0) is 15.5. The van der Waals surface area contributed by atoms with Gasteiger partial charge in [0.15, 0.2) is 0 Å². The van der Waals surface area contributed by atoms with Crippen molar-refractivity contribution in [1.82, 2.24) is 10.3 Å². The predicted molar refractivity (Wildman–Crippen MR) is 85.0 cm³/mol. The number of benzene rings is 1. The minimum absolute atomic E-state index is 0.00450. The molecule has 2 aromatic rings. The molecule has 5 heteroatoms. The van der Waals surface area contributed by atoms with Crippen LogP contribution in [0.5, 0.6) is 11.6 Å². The van der Waals surface area contributed by atoms with Crippen molar-refractivity contribution in [3.63, 3.8) is 0 Å². The van der Waals surface area contributed by atoms with E-state index in [0.717, 1.165) is 10.0 Å². The average molecular weight is 353 g/mol. The van der Waals surface area contributed by atoms with Crippen LogP contribution in [0.3, 0.4) is 0 Å². The third-order valence-electron chi connectivity index (χ3n) is 2.73. The van der Waals surface area contributed by atoms with Crippen LogP contribution in [0.2, 0.25) is 0 Å². The van der Waals surface area contributed by atoms with Crippen molar-refractivity contribution in [3.8, 4) is 11.6 Å². The Balaban J connectivity index is 2.20. The van der Waals surface area contributed by atoms with E-state index < -0.39 is 0 Å². The number of hydrogen-bond acceptors (Lipinski definition) is 3. The van der Waals surface area contributed by atoms with E-state index in [1.807, 2.05) is 6.07 Å². The van der Waals surface area contributed by atoms with Gasteiger partial charge in [-0.2, -0.15) is 0 Å². The monoisotopic (exact) mass is 352 g/mol. The van der Waals surface area contributed by atoms with Gasteiger partial charge in [0, 0.05) is 28.3 Å². The Hall–Kier alpha value is -1.46. The van der Waals surface area contributed by atoms with Crippen LogP contribution in [-0.2, 0) is 6.54 Å². The summed E-state index contributed by atoms with van der Waals surface area (Å²) in [6, 6.07) is 7.85. The maximum absolute atomic E-state index is 12.9. The molecule has 1 N–H and O–H groups in total. The van der Waals surface area contributed by atoms with Gasteiger partial charge in [0.1, 0.15) is 11.6 Å². The first kappa shape index (κ1) is 15.9. The summed E-state index contributed by atoms with van der Waals surface area (Å²) in [7, 11) is 0. The molecule has 0 unspecified atom stereocenters. The molecule has 0 aliphatic carbocycles. The SMILES string of the molecule is CC(C)(C)NCc1cc(Br)cnc1Oc1ccc(F)cc1. The van der Waals surface area contributed by atoms with E-state index in [2.05, 4.69) is 47.0 Å². The Morgan fingerprint density at radius 1 is 1.24 bits per heavy atom. The normalized spacial score (nSPS) is 11.5. The number of nitrogens with zero attached hydrogens (tertiary/aromatic N) is 1. The quantitative estimate of drug-likeness (QED) is 0.868. The number of halogens is 2. The van der Waals surface area contributed by atoms with Crippen molar-refractivity contribution in [3.05, 3.63) is 52.4 Å². The van der Waals surface area contributed by atoms with Gasteiger partial charge >= 0.3 is 0 Å². The molecule has 0 radical (unpaired) electrons. The second kappa shape index (κ2) is 6.54. The van der Waals surface area contributed by atoms with Gasteiger partial charge in [-0.05, 0) is 67.0 Å². The molecule has 1 aromatic carbocycles. The van der Waals surface area contributed by atoms with Gasteiger partial charge in [0.2, 0.25) is 5.88 Å². The zero-order valence-electron chi connectivity index (χ0n) is 12.3. The molecule has 3 nitrogen and oxygen atoms in total. The number of ether oxygens (including phenoxy) is 1. The van der Waals surface area contributed by atoms with Gasteiger partial charge in [0.25, 0.3) is 0 Å². The number of nitrogens with one attached hydrogen (secondary N) is 1. The summed E-state index contributed by atoms with van der Waals surface area (Å²) in [4.78, 5) is 4.29. The summed E-state index contributed by atoms with van der Waals surface area (Å²) in [5.41, 5.74) is 0.929. The van der Waals surface area contributed by atoms with Crippen LogP contribution in [-0.4, -0.2) is 10.5 Å². The smallest absolute Gasteiger partial charge is 0.223 e. The van der Waals surface area contributed by atoms with Crippen LogP contribution in [0.15, 0.2) is 41.0 Å². The molecule has 21 heavy (non-hydrogen) atoms. The molecule has 0 amide bonds. The van der Waals surface area contributed by atoms with Crippen molar-refractivity contribution >= 4 is 15.9 Å². The van der Waals surface area contributed by atoms with Gasteiger partial charge in [0.05, 0.1) is 0 Å². The second-order valence-electron chi connectivity index (χ2n) is 5.78. The lowest BCUT2D eigenvalue weighted by atomic mass is 10.1. The first-order chi connectivity index (χ1) is 9.83. The number of aromatic nitrogens is 1. The van der Waals surface area contributed by atoms with Crippen molar-refractivity contribution in [2.75, 3.05) is 0 Å². The predicted octanol–water partition coefficient (Wildman–Crippen LogP) is 4.66. The standard InChI is InChI=1S/C16H18BrFN2O/c1-16(2,3)20-9-11-8-12(17)10-19-15(11)21-14-6-4-13(18)5-7-14/h4-8,10,20H,9H2,1-3H3. The topological polar surface area (TPSA) is 34.2 Å². The van der Waals surface area contributed by atoms with Gasteiger partial charge in [-0.3, -0.25) is 0 Å². The molecule has 1 heterocycles. The highest BCUT2D eigenvalue weighted by Gasteiger charge is 2.13. The Labute approximate surface area is 132 Å². The lowest BCUT2D eigenvalue weighted by molar-refractivity contribution is 0.409. The summed E-state index contributed by atoms with van der Waals surface area (Å²) in [5, 5.41) is 3.40. The van der Waals surface area contributed by atoms with E-state index in [4.69, 9.17) is 4.74 Å². The fourth-order valence-electron chi connectivity index (χ4n) is 1.66. The van der Waals surface area contributed by atoms with E-state index in [1.54, 1.807) is 18.3 Å². The molecule has 0 aliphatic rings. The molecule has 0 spiro atoms. The van der Waals surface area contributed by atoms with Crippen molar-refractivity contribution in [1.29, 1.82) is 0 Å². The highest BCUT2D eigenvalue weighted by atomic mass is 79.9. The third-order valence-corrected chi connectivity index (χ3v) is 3.16. The minimum atomic E-state index is -0.291. The lowest BCUT2D eigenvalue weighted by Gasteiger charge is -2.21. The molecule has 0 fully saturated rings. The minimum Gasteiger partial charge on any atom is -0.439 e. The largest absolute Gasteiger partial charge is 0.439 e. The second-order valence-corrected chi connectivity index (χ2v) is 6.69. The summed E-state index contributed by atoms with van der Waals surface area (Å²) in [5.74, 6) is 0.783. The zero-order valence-corrected chi connectivity index (χ0v) is 13.9. The lowest BCUT2D eigenvalue weighted by Crippen LogP contribution is -2.35. The molecule has 2 rings (SSSR count). The highest BCUT2D eigenvalue weighted by Crippen LogP contribution is 2.26. The Morgan fingerprint density at radius 2 is 1.90 bits per heavy atom. The van der Waals surface area contributed by atoms with E-state index in [1.165, 1.54) is 12.1 Å². The van der Waals surface area contributed by atoms with Crippen LogP contribution in [0.4, 0.5) is 4.39 Å². The molecule has 0 saturated carbocycles. The summed E-state index contributed by atoms with van der Waals surface area (Å²) < 4.78 is 19.6. The Kier molecular flexibility index (Phi) is 4.96. The molecule has 0 bridgehead atoms. The van der Waals surface area contributed by atoms with Crippen LogP contribution in [0, 0.1) is 5.82 Å². The van der Waals surface area contributed by atoms with Crippen LogP contribution in [0.25, 0.3) is 0 Å². The van der Waals surface area contributed by atoms with E-state index in [-0.39, 0.29) is 11.4 Å². The highest BCUT2D eigenvalue weighted by molar-refractivity contribution is 9.10. The fourth-order valence-corrected chi connectivity index (χ4v) is 2.04. The van der Waals surface area contributed by atoms with Crippen molar-refractivity contribution in [2.45, 2.75) is 32.9 Å². The molecule has 0 aliphatic heterocycles. The van der Waals surface area contributed by atoms with Gasteiger partial charge in [-0.1, -0.05) is 0 Å². The number of pyridine rings is 1. The molecular formula is C16H18BrFN2O. The average Bonchev–Trinajstić information content (AvgIpc) is 2.40. The number of rotatable bonds is 4. The third kappa shape index (κ3) is 5.10. The van der Waals surface area contributed by atoms with E-state index in [9.17, 15) is 4.39 Å². The van der Waals surface area contributed by atoms with Crippen LogP contribution in [0.1, 0.15) is 26.3 Å². The van der Waals surface area contributed by atoms with Crippen molar-refractivity contribution < 1.29 is 9.13 Å². The molecule has 1 aromatic heterocycles. The maximum atomic E-state index is 12.9. The summed E-state index contributed by atoms with van der Waals surface area (Å²) in [6.45, 7) is 6.92. The maximum Gasteiger partial charge on any atom is 0.223 e. The van der Waals surface area contributed by atoms with Gasteiger partial charge < -0.3 is 10.1 Å². The van der Waals surface area contributed by atoms with Crippen molar-refractivity contribution in [2.24, 2.45) is 0 Å². The fraction of sp³-hybridized carbons (Fsp3) is 0.312. The molecule has 0 saturated heterocycles. The Morgan fingerprint density at radius 3 is 2.52 bits per heavy atom. The Bertz CT molecular complexity index is 609. The molecule has 0 atom stereocenters. The summed E-state index contributed by atoms with van der Waals surface area (Å²) >= 11 is 3.42. The van der Waals surface area contributed by atoms with E-state index in [0.29, 0.717) is 18.2 Å². The van der Waals surface area contributed by atoms with Crippen LogP contribution < -0.4 is 10.1 Å². The molecule has 112 valence electrons. The number of hydrogen-bond donors (Lipinski definition) is 1. The first-order valence-corrected chi connectivity index (χ1v) is 7.46. The van der Waals surface area contributed by atoms with Crippen LogP contribution >= 0.6 is 15.9 Å². The summed E-state index contributed by atoms with van der Waals surface area (Å²) in [6.07, 6.45) is 1.68. The first-order valence-electron chi connectivity index (χ1n) is 6.66.